The Labute approximate surface area is 550 Å². The molecule has 0 saturated carbocycles. The molecular weight excluding hydrogens is 1190 g/mol. The second kappa shape index (κ2) is 39.0. The molecule has 1 aliphatic rings. The fraction of sp³-hybridized carbons (Fsp3) is 0.833. The summed E-state index contributed by atoms with van der Waals surface area (Å²) in [5.41, 5.74) is 0. The van der Waals surface area contributed by atoms with Gasteiger partial charge in [-0.05, 0) is 113 Å². The van der Waals surface area contributed by atoms with Crippen LogP contribution in [0, 0.1) is 47.3 Å². The molecule has 0 radical (unpaired) electrons. The number of hydrogen-bond donors (Lipinski definition) is 6. The highest BCUT2D eigenvalue weighted by atomic mass is 16.6. The van der Waals surface area contributed by atoms with Gasteiger partial charge in [0.1, 0.15) is 54.4 Å². The number of aliphatic hydroxyl groups excluding tert-OH is 2. The van der Waals surface area contributed by atoms with E-state index in [1.165, 1.54) is 70.8 Å². The molecule has 1 saturated heterocycles. The number of aliphatic hydroxyl groups is 2. The summed E-state index contributed by atoms with van der Waals surface area (Å²) >= 11 is 0. The second-order valence-electron chi connectivity index (χ2n) is 28.6. The van der Waals surface area contributed by atoms with Gasteiger partial charge < -0.3 is 75.3 Å². The van der Waals surface area contributed by atoms with Gasteiger partial charge in [-0.15, -0.1) is 0 Å². The summed E-state index contributed by atoms with van der Waals surface area (Å²) in [6.07, 6.45) is -3.88. The summed E-state index contributed by atoms with van der Waals surface area (Å²) in [6.45, 7) is 30.1. The highest BCUT2D eigenvalue weighted by Crippen LogP contribution is 2.25. The molecule has 0 unspecified atom stereocenters. The zero-order chi connectivity index (χ0) is 71.3. The van der Waals surface area contributed by atoms with Gasteiger partial charge in [0.25, 0.3) is 5.91 Å². The fourth-order valence-electron chi connectivity index (χ4n) is 11.3. The van der Waals surface area contributed by atoms with Crippen molar-refractivity contribution in [2.45, 2.75) is 229 Å². The molecule has 1 aliphatic heterocycles. The van der Waals surface area contributed by atoms with E-state index in [1.807, 2.05) is 81.2 Å². The van der Waals surface area contributed by atoms with Crippen LogP contribution < -0.4 is 21.3 Å². The van der Waals surface area contributed by atoms with Crippen LogP contribution in [-0.4, -0.2) is 265 Å². The van der Waals surface area contributed by atoms with Gasteiger partial charge in [-0.25, -0.2) is 4.79 Å². The molecule has 0 bridgehead atoms. The number of carbonyl (C=O) groups is 11. The molecule has 13 atom stereocenters. The van der Waals surface area contributed by atoms with Crippen molar-refractivity contribution in [3.63, 3.8) is 0 Å². The van der Waals surface area contributed by atoms with E-state index >= 15 is 14.4 Å². The van der Waals surface area contributed by atoms with Crippen LogP contribution in [0.1, 0.15) is 156 Å². The minimum absolute atomic E-state index is 0.0743. The molecule has 1 rings (SSSR count). The smallest absolute Gasteiger partial charge is 0.329 e. The van der Waals surface area contributed by atoms with Crippen molar-refractivity contribution in [2.75, 3.05) is 82.7 Å². The standard InChI is InChI=1S/C66H121N11O15/c1-36(2)30-46-61(85)74(21)49(33-39(7)8)57(81)67-44(16)66(90)92-56(42(13)14)65(89)75(22)50(34-40(9)10)59(83)69-47(31-37(3)4)62(86)76(23)53(41(11)12)64(88)77(24)54(55(80)43(15)26-27-71(18)28-29-91-25)60(84)70-52(45(17)78)63(87)72(19)35-51(79)73(20)48(32-38(5)6)58(82)68-46/h36-50,52-56,78,80H,26-35H2,1-25H3,(H,67,81)(H,68,82)(H,69,83)(H,70,84)/t43-,44+,45-,46+,47+,48+,49+,50-,52+,53+,54+,55-,56-/m1/s1. The first-order valence-electron chi connectivity index (χ1n) is 33.0. The summed E-state index contributed by atoms with van der Waals surface area (Å²) in [5, 5.41) is 34.6. The number of nitrogens with one attached hydrogen (secondary N) is 4. The fourth-order valence-corrected chi connectivity index (χ4v) is 11.3. The maximum absolute atomic E-state index is 15.3. The van der Waals surface area contributed by atoms with Crippen molar-refractivity contribution in [3.8, 4) is 0 Å². The number of esters is 1. The van der Waals surface area contributed by atoms with E-state index in [-0.39, 0.29) is 61.7 Å². The Hall–Kier alpha value is -5.99. The Bertz CT molecular complexity index is 2440. The molecule has 92 heavy (non-hydrogen) atoms. The van der Waals surface area contributed by atoms with Crippen molar-refractivity contribution in [2.24, 2.45) is 47.3 Å². The van der Waals surface area contributed by atoms with Crippen molar-refractivity contribution < 1.29 is 72.4 Å². The van der Waals surface area contributed by atoms with Crippen LogP contribution in [0.2, 0.25) is 0 Å². The van der Waals surface area contributed by atoms with Crippen LogP contribution in [0.3, 0.4) is 0 Å². The first kappa shape index (κ1) is 84.0. The number of ether oxygens (including phenoxy) is 2. The molecule has 1 heterocycles. The Morgan fingerprint density at radius 1 is 0.500 bits per heavy atom. The number of methoxy groups -OCH3 is 1. The lowest BCUT2D eigenvalue weighted by Gasteiger charge is -2.40. The van der Waals surface area contributed by atoms with E-state index in [9.17, 15) is 48.6 Å². The minimum Gasteiger partial charge on any atom is -0.450 e. The van der Waals surface area contributed by atoms with Crippen molar-refractivity contribution in [1.82, 2.24) is 55.6 Å². The Balaban J connectivity index is 4.44. The van der Waals surface area contributed by atoms with E-state index in [0.717, 1.165) is 14.7 Å². The third-order valence-corrected chi connectivity index (χ3v) is 17.0. The van der Waals surface area contributed by atoms with Crippen LogP contribution in [0.25, 0.3) is 0 Å². The van der Waals surface area contributed by atoms with Gasteiger partial charge in [-0.1, -0.05) is 104 Å². The molecule has 6 N–H and O–H groups in total. The number of amides is 10. The van der Waals surface area contributed by atoms with Gasteiger partial charge in [-0.3, -0.25) is 47.9 Å². The second-order valence-corrected chi connectivity index (χ2v) is 28.6. The SMILES string of the molecule is COCCN(C)CC[C@@H](C)[C@@H](O)[C@H]1C(=O)N[C@@H]([C@@H](C)O)C(=O)N(C)CC(=O)N(C)[C@@H](CC(C)C)C(=O)N[C@@H](CC(C)C)C(=O)N(C)[C@@H](CC(C)C)C(=O)N[C@@H](C)C(=O)O[C@H](C(C)C)C(=O)N(C)[C@H](CC(C)C)C(=O)N[C@@H](CC(C)C)C(=O)N(C)[C@@H](C(C)C)C(=O)N1C. The summed E-state index contributed by atoms with van der Waals surface area (Å²) in [4.78, 5) is 170. The van der Waals surface area contributed by atoms with Crippen LogP contribution in [0.5, 0.6) is 0 Å². The lowest BCUT2D eigenvalue weighted by molar-refractivity contribution is -0.166. The quantitative estimate of drug-likeness (QED) is 0.0899. The third kappa shape index (κ3) is 25.4. The molecule has 26 nitrogen and oxygen atoms in total. The average molecular weight is 1310 g/mol. The largest absolute Gasteiger partial charge is 0.450 e. The topological polar surface area (TPSA) is 317 Å². The zero-order valence-corrected chi connectivity index (χ0v) is 60.5. The molecule has 26 heteroatoms. The van der Waals surface area contributed by atoms with Crippen molar-refractivity contribution in [3.05, 3.63) is 0 Å². The highest BCUT2D eigenvalue weighted by Gasteiger charge is 2.46. The van der Waals surface area contributed by atoms with E-state index in [0.29, 0.717) is 26.1 Å². The van der Waals surface area contributed by atoms with Crippen molar-refractivity contribution >= 4 is 65.0 Å². The van der Waals surface area contributed by atoms with Gasteiger partial charge >= 0.3 is 5.97 Å². The van der Waals surface area contributed by atoms with Gasteiger partial charge in [0.15, 0.2) is 6.10 Å². The molecule has 1 fully saturated rings. The number of carbonyl (C=O) groups excluding carboxylic acids is 11. The van der Waals surface area contributed by atoms with E-state index in [1.54, 1.807) is 41.7 Å². The average Bonchev–Trinajstić information content (AvgIpc) is 0.834. The molecule has 0 spiro atoms. The maximum Gasteiger partial charge on any atom is 0.329 e. The monoisotopic (exact) mass is 1310 g/mol. The minimum atomic E-state index is -1.76. The summed E-state index contributed by atoms with van der Waals surface area (Å²) < 4.78 is 11.1. The van der Waals surface area contributed by atoms with Gasteiger partial charge in [0, 0.05) is 55.9 Å². The molecule has 0 aromatic rings. The van der Waals surface area contributed by atoms with Gasteiger partial charge in [0.2, 0.25) is 53.2 Å². The van der Waals surface area contributed by atoms with E-state index in [2.05, 4.69) is 21.3 Å². The van der Waals surface area contributed by atoms with E-state index < -0.39 is 162 Å². The molecule has 10 amide bonds. The Kier molecular flexibility index (Phi) is 35.6. The first-order chi connectivity index (χ1) is 42.4. The molecule has 0 aromatic carbocycles. The van der Waals surface area contributed by atoms with Crippen LogP contribution in [0.15, 0.2) is 0 Å². The maximum atomic E-state index is 15.3. The molecule has 530 valence electrons. The zero-order valence-electron chi connectivity index (χ0n) is 60.5. The number of hydrogen-bond acceptors (Lipinski definition) is 16. The molecular formula is C66H121N11O15. The predicted molar refractivity (Wildman–Crippen MR) is 351 cm³/mol. The predicted octanol–water partition coefficient (Wildman–Crippen LogP) is 2.35. The summed E-state index contributed by atoms with van der Waals surface area (Å²) in [6, 6.07) is -12.3. The number of likely N-dealkylation sites (N-methyl/N-ethyl adjacent to an activating group) is 7. The van der Waals surface area contributed by atoms with Crippen molar-refractivity contribution in [1.29, 1.82) is 0 Å². The Morgan fingerprint density at radius 3 is 1.33 bits per heavy atom. The van der Waals surface area contributed by atoms with Crippen LogP contribution in [-0.2, 0) is 62.2 Å². The molecule has 0 aromatic heterocycles. The normalized spacial score (nSPS) is 26.1. The summed E-state index contributed by atoms with van der Waals surface area (Å²) in [5.74, 6) is -11.6. The number of rotatable bonds is 21. The van der Waals surface area contributed by atoms with Crippen LogP contribution >= 0.6 is 0 Å². The van der Waals surface area contributed by atoms with Gasteiger partial charge in [0.05, 0.1) is 25.4 Å². The van der Waals surface area contributed by atoms with Gasteiger partial charge in [-0.2, -0.15) is 0 Å². The third-order valence-electron chi connectivity index (χ3n) is 17.0. The number of nitrogens with zero attached hydrogens (tertiary/aromatic N) is 7. The van der Waals surface area contributed by atoms with Crippen LogP contribution in [0.4, 0.5) is 0 Å². The highest BCUT2D eigenvalue weighted by molar-refractivity contribution is 5.99. The lowest BCUT2D eigenvalue weighted by atomic mass is 9.91. The number of cyclic esters (lactones) is 1. The molecule has 0 aliphatic carbocycles. The van der Waals surface area contributed by atoms with E-state index in [4.69, 9.17) is 9.47 Å². The summed E-state index contributed by atoms with van der Waals surface area (Å²) in [7, 11) is 11.6. The first-order valence-corrected chi connectivity index (χ1v) is 33.0. The Morgan fingerprint density at radius 2 is 0.913 bits per heavy atom. The lowest BCUT2D eigenvalue weighted by Crippen LogP contribution is -2.64.